The van der Waals surface area contributed by atoms with Crippen LogP contribution in [0.25, 0.3) is 0 Å². The summed E-state index contributed by atoms with van der Waals surface area (Å²) in [5, 5.41) is 2.03. The fourth-order valence-electron chi connectivity index (χ4n) is 0.316. The van der Waals surface area contributed by atoms with Gasteiger partial charge in [0.2, 0.25) is 0 Å². The molecule has 9 heavy (non-hydrogen) atoms. The topological polar surface area (TPSA) is 26.0 Å². The molecule has 0 aromatic rings. The molecule has 0 spiro atoms. The second kappa shape index (κ2) is 4.74. The van der Waals surface area contributed by atoms with Gasteiger partial charge in [-0.1, -0.05) is 20.8 Å². The van der Waals surface area contributed by atoms with Crippen molar-refractivity contribution < 1.29 is 0 Å². The van der Waals surface area contributed by atoms with Gasteiger partial charge in [0.15, 0.2) is 0 Å². The average molecular weight is 145 g/mol. The molecule has 0 saturated heterocycles. The number of thioether (sulfide) groups is 1. The van der Waals surface area contributed by atoms with E-state index in [4.69, 9.17) is 5.73 Å². The van der Waals surface area contributed by atoms with Gasteiger partial charge >= 0.3 is 0 Å². The molecule has 0 aliphatic carbocycles. The highest BCUT2D eigenvalue weighted by Gasteiger charge is 1.94. The zero-order valence-electron chi connectivity index (χ0n) is 6.35. The normalized spacial score (nSPS) is 12.7. The highest BCUT2D eigenvalue weighted by Crippen LogP contribution is 2.09. The van der Waals surface area contributed by atoms with Gasteiger partial charge in [-0.25, -0.2) is 0 Å². The molecule has 0 amide bonds. The van der Waals surface area contributed by atoms with Crippen LogP contribution in [-0.2, 0) is 0 Å². The quantitative estimate of drug-likeness (QED) is 0.659. The van der Waals surface area contributed by atoms with Crippen LogP contribution in [0.5, 0.6) is 0 Å². The SMILES string of the molecule is CCS/C=C(\N)C(C)C. The fraction of sp³-hybridized carbons (Fsp3) is 0.714. The van der Waals surface area contributed by atoms with E-state index in [-0.39, 0.29) is 0 Å². The Bertz CT molecular complexity index is 97.1. The summed E-state index contributed by atoms with van der Waals surface area (Å²) in [4.78, 5) is 0. The number of allylic oxidation sites excluding steroid dienone is 1. The minimum absolute atomic E-state index is 0.490. The number of hydrogen-bond acceptors (Lipinski definition) is 2. The second-order valence-electron chi connectivity index (χ2n) is 2.23. The average Bonchev–Trinajstić information content (AvgIpc) is 1.82. The maximum absolute atomic E-state index is 5.64. The van der Waals surface area contributed by atoms with Gasteiger partial charge in [-0.15, -0.1) is 11.8 Å². The van der Waals surface area contributed by atoms with Gasteiger partial charge in [0, 0.05) is 5.70 Å². The van der Waals surface area contributed by atoms with Crippen molar-refractivity contribution in [2.24, 2.45) is 11.7 Å². The molecule has 54 valence electrons. The smallest absolute Gasteiger partial charge is 0.0170 e. The van der Waals surface area contributed by atoms with Gasteiger partial charge < -0.3 is 5.73 Å². The third-order valence-corrected chi connectivity index (χ3v) is 1.82. The predicted molar refractivity (Wildman–Crippen MR) is 45.2 cm³/mol. The lowest BCUT2D eigenvalue weighted by atomic mass is 10.2. The Hall–Kier alpha value is -0.110. The van der Waals surface area contributed by atoms with E-state index in [0.29, 0.717) is 5.92 Å². The minimum Gasteiger partial charge on any atom is -0.401 e. The van der Waals surface area contributed by atoms with Gasteiger partial charge in [0.1, 0.15) is 0 Å². The molecule has 0 bridgehead atoms. The maximum Gasteiger partial charge on any atom is 0.0170 e. The van der Waals surface area contributed by atoms with Crippen LogP contribution in [0.4, 0.5) is 0 Å². The molecule has 0 saturated carbocycles. The lowest BCUT2D eigenvalue weighted by molar-refractivity contribution is 0.760. The largest absolute Gasteiger partial charge is 0.401 e. The van der Waals surface area contributed by atoms with Crippen LogP contribution in [0.3, 0.4) is 0 Å². The summed E-state index contributed by atoms with van der Waals surface area (Å²) < 4.78 is 0. The molecular formula is C7H15NS. The van der Waals surface area contributed by atoms with Crippen molar-refractivity contribution in [3.63, 3.8) is 0 Å². The number of nitrogens with two attached hydrogens (primary N) is 1. The molecule has 2 heteroatoms. The first-order valence-electron chi connectivity index (χ1n) is 3.25. The summed E-state index contributed by atoms with van der Waals surface area (Å²) in [6, 6.07) is 0. The number of hydrogen-bond donors (Lipinski definition) is 1. The van der Waals surface area contributed by atoms with E-state index in [9.17, 15) is 0 Å². The van der Waals surface area contributed by atoms with Gasteiger partial charge in [0.25, 0.3) is 0 Å². The van der Waals surface area contributed by atoms with Crippen LogP contribution in [-0.4, -0.2) is 5.75 Å². The Morgan fingerprint density at radius 2 is 2.22 bits per heavy atom. The van der Waals surface area contributed by atoms with Gasteiger partial charge in [-0.3, -0.25) is 0 Å². The molecule has 0 radical (unpaired) electrons. The maximum atomic E-state index is 5.64. The van der Waals surface area contributed by atoms with Crippen molar-refractivity contribution in [1.82, 2.24) is 0 Å². The van der Waals surface area contributed by atoms with Crippen LogP contribution in [0, 0.1) is 5.92 Å². The van der Waals surface area contributed by atoms with Crippen LogP contribution in [0.15, 0.2) is 11.1 Å². The van der Waals surface area contributed by atoms with Crippen molar-refractivity contribution in [1.29, 1.82) is 0 Å². The molecule has 1 nitrogen and oxygen atoms in total. The zero-order chi connectivity index (χ0) is 7.28. The minimum atomic E-state index is 0.490. The highest BCUT2D eigenvalue weighted by molar-refractivity contribution is 8.02. The molecular weight excluding hydrogens is 130 g/mol. The Morgan fingerprint density at radius 1 is 1.67 bits per heavy atom. The molecule has 0 aliphatic rings. The monoisotopic (exact) mass is 145 g/mol. The Labute approximate surface area is 61.7 Å². The molecule has 2 N–H and O–H groups in total. The van der Waals surface area contributed by atoms with Gasteiger partial charge in [-0.2, -0.15) is 0 Å². The first kappa shape index (κ1) is 8.89. The Balaban J connectivity index is 3.55. The van der Waals surface area contributed by atoms with E-state index < -0.39 is 0 Å². The van der Waals surface area contributed by atoms with Gasteiger partial charge in [-0.05, 0) is 17.1 Å². The predicted octanol–water partition coefficient (Wildman–Crippen LogP) is 2.20. The van der Waals surface area contributed by atoms with Crippen LogP contribution in [0.2, 0.25) is 0 Å². The van der Waals surface area contributed by atoms with Crippen molar-refractivity contribution in [2.75, 3.05) is 5.75 Å². The summed E-state index contributed by atoms with van der Waals surface area (Å²) in [5.74, 6) is 1.59. The summed E-state index contributed by atoms with van der Waals surface area (Å²) in [7, 11) is 0. The molecule has 0 aromatic carbocycles. The Morgan fingerprint density at radius 3 is 2.56 bits per heavy atom. The third-order valence-electron chi connectivity index (χ3n) is 1.05. The third kappa shape index (κ3) is 4.40. The van der Waals surface area contributed by atoms with E-state index >= 15 is 0 Å². The standard InChI is InChI=1S/C7H15NS/c1-4-9-5-7(8)6(2)3/h5-6H,4,8H2,1-3H3/b7-5-. The molecule has 0 rings (SSSR count). The molecule has 0 atom stereocenters. The summed E-state index contributed by atoms with van der Waals surface area (Å²) in [5.41, 5.74) is 6.63. The number of rotatable bonds is 3. The lowest BCUT2D eigenvalue weighted by Crippen LogP contribution is -2.03. The first-order chi connectivity index (χ1) is 4.18. The summed E-state index contributed by atoms with van der Waals surface area (Å²) in [6.45, 7) is 6.32. The molecule has 0 heterocycles. The van der Waals surface area contributed by atoms with Crippen molar-refractivity contribution in [3.05, 3.63) is 11.1 Å². The van der Waals surface area contributed by atoms with Crippen molar-refractivity contribution in [2.45, 2.75) is 20.8 Å². The fourth-order valence-corrected chi connectivity index (χ4v) is 0.947. The molecule has 0 aromatic heterocycles. The Kier molecular flexibility index (Phi) is 4.68. The molecule has 0 fully saturated rings. The van der Waals surface area contributed by atoms with E-state index in [1.807, 2.05) is 5.41 Å². The van der Waals surface area contributed by atoms with E-state index in [1.54, 1.807) is 11.8 Å². The first-order valence-corrected chi connectivity index (χ1v) is 4.30. The highest BCUT2D eigenvalue weighted by atomic mass is 32.2. The van der Waals surface area contributed by atoms with Crippen molar-refractivity contribution >= 4 is 11.8 Å². The second-order valence-corrected chi connectivity index (χ2v) is 3.37. The zero-order valence-corrected chi connectivity index (χ0v) is 7.16. The van der Waals surface area contributed by atoms with Crippen LogP contribution < -0.4 is 5.73 Å². The van der Waals surface area contributed by atoms with E-state index in [1.165, 1.54) is 0 Å². The lowest BCUT2D eigenvalue weighted by Gasteiger charge is -2.02. The molecule has 0 aliphatic heterocycles. The van der Waals surface area contributed by atoms with Gasteiger partial charge in [0.05, 0.1) is 0 Å². The summed E-state index contributed by atoms with van der Waals surface area (Å²) >= 11 is 1.76. The van der Waals surface area contributed by atoms with Crippen molar-refractivity contribution in [3.8, 4) is 0 Å². The van der Waals surface area contributed by atoms with Crippen LogP contribution >= 0.6 is 11.8 Å². The van der Waals surface area contributed by atoms with E-state index in [2.05, 4.69) is 20.8 Å². The van der Waals surface area contributed by atoms with E-state index in [0.717, 1.165) is 11.4 Å². The molecule has 0 unspecified atom stereocenters. The summed E-state index contributed by atoms with van der Waals surface area (Å²) in [6.07, 6.45) is 0. The van der Waals surface area contributed by atoms with Crippen LogP contribution in [0.1, 0.15) is 20.8 Å².